The summed E-state index contributed by atoms with van der Waals surface area (Å²) in [5.74, 6) is -0.145. The van der Waals surface area contributed by atoms with Gasteiger partial charge in [-0.3, -0.25) is 9.78 Å². The lowest BCUT2D eigenvalue weighted by Crippen LogP contribution is -2.42. The van der Waals surface area contributed by atoms with Gasteiger partial charge in [-0.25, -0.2) is 0 Å². The fourth-order valence-corrected chi connectivity index (χ4v) is 3.09. The van der Waals surface area contributed by atoms with Crippen LogP contribution in [0.4, 0.5) is 13.2 Å². The van der Waals surface area contributed by atoms with Gasteiger partial charge in [0.15, 0.2) is 6.10 Å². The summed E-state index contributed by atoms with van der Waals surface area (Å²) >= 11 is 0. The highest BCUT2D eigenvalue weighted by molar-refractivity contribution is 5.81. The number of carbonyl (C=O) groups excluding carboxylic acids is 1. The van der Waals surface area contributed by atoms with E-state index >= 15 is 0 Å². The number of ether oxygens (including phenoxy) is 1. The minimum Gasteiger partial charge on any atom is -0.481 e. The van der Waals surface area contributed by atoms with Crippen LogP contribution < -0.4 is 4.74 Å². The number of hydrogen-bond acceptors (Lipinski definition) is 3. The summed E-state index contributed by atoms with van der Waals surface area (Å²) in [5, 5.41) is 0. The van der Waals surface area contributed by atoms with Crippen molar-refractivity contribution in [3.63, 3.8) is 0 Å². The van der Waals surface area contributed by atoms with E-state index < -0.39 is 29.8 Å². The third-order valence-electron chi connectivity index (χ3n) is 4.28. The zero-order valence-corrected chi connectivity index (χ0v) is 15.7. The fraction of sp³-hybridized carbons (Fsp3) is 0.400. The van der Waals surface area contributed by atoms with E-state index in [2.05, 4.69) is 4.98 Å². The molecule has 146 valence electrons. The molecule has 7 heteroatoms. The van der Waals surface area contributed by atoms with Gasteiger partial charge in [-0.15, -0.1) is 0 Å². The lowest BCUT2D eigenvalue weighted by molar-refractivity contribution is -0.143. The van der Waals surface area contributed by atoms with Crippen molar-refractivity contribution in [3.8, 4) is 5.75 Å². The molecule has 0 saturated heterocycles. The predicted octanol–water partition coefficient (Wildman–Crippen LogP) is 4.72. The first-order valence-corrected chi connectivity index (χ1v) is 8.62. The Kier molecular flexibility index (Phi) is 6.46. The van der Waals surface area contributed by atoms with Crippen LogP contribution in [-0.4, -0.2) is 28.9 Å². The topological polar surface area (TPSA) is 42.4 Å². The maximum Gasteiger partial charge on any atom is 0.416 e. The summed E-state index contributed by atoms with van der Waals surface area (Å²) in [4.78, 5) is 18.0. The number of benzene rings is 1. The SMILES string of the molecule is CC(Oc1ccccc1)C(=O)N(C)C(c1cnccc1C(F)(F)F)C(C)C. The molecule has 2 atom stereocenters. The van der Waals surface area contributed by atoms with Gasteiger partial charge in [0.05, 0.1) is 11.6 Å². The van der Waals surface area contributed by atoms with Crippen molar-refractivity contribution in [2.24, 2.45) is 5.92 Å². The first kappa shape index (κ1) is 20.7. The van der Waals surface area contributed by atoms with E-state index in [0.29, 0.717) is 5.75 Å². The molecule has 0 aliphatic heterocycles. The molecule has 0 aliphatic rings. The van der Waals surface area contributed by atoms with E-state index in [9.17, 15) is 18.0 Å². The van der Waals surface area contributed by atoms with Crippen LogP contribution in [0.25, 0.3) is 0 Å². The van der Waals surface area contributed by atoms with Crippen LogP contribution in [-0.2, 0) is 11.0 Å². The largest absolute Gasteiger partial charge is 0.481 e. The van der Waals surface area contributed by atoms with Crippen molar-refractivity contribution >= 4 is 5.91 Å². The van der Waals surface area contributed by atoms with E-state index in [1.54, 1.807) is 45.0 Å². The molecular weight excluding hydrogens is 357 g/mol. The monoisotopic (exact) mass is 380 g/mol. The Morgan fingerprint density at radius 3 is 2.30 bits per heavy atom. The number of rotatable bonds is 6. The lowest BCUT2D eigenvalue weighted by Gasteiger charge is -2.34. The molecule has 0 aliphatic carbocycles. The Morgan fingerprint density at radius 1 is 1.11 bits per heavy atom. The van der Waals surface area contributed by atoms with Crippen molar-refractivity contribution in [2.45, 2.75) is 39.1 Å². The van der Waals surface area contributed by atoms with Crippen molar-refractivity contribution in [2.75, 3.05) is 7.05 Å². The van der Waals surface area contributed by atoms with E-state index in [-0.39, 0.29) is 11.5 Å². The number of alkyl halides is 3. The summed E-state index contributed by atoms with van der Waals surface area (Å²) < 4.78 is 45.9. The number of carbonyl (C=O) groups is 1. The minimum absolute atomic E-state index is 0.0252. The zero-order chi connectivity index (χ0) is 20.2. The van der Waals surface area contributed by atoms with Gasteiger partial charge in [0, 0.05) is 25.0 Å². The summed E-state index contributed by atoms with van der Waals surface area (Å²) in [5.41, 5.74) is -0.810. The summed E-state index contributed by atoms with van der Waals surface area (Å²) in [6.45, 7) is 5.12. The number of nitrogens with zero attached hydrogens (tertiary/aromatic N) is 2. The van der Waals surface area contributed by atoms with Gasteiger partial charge in [0.25, 0.3) is 5.91 Å². The summed E-state index contributed by atoms with van der Waals surface area (Å²) in [6, 6.07) is 8.95. The van der Waals surface area contributed by atoms with Gasteiger partial charge < -0.3 is 9.64 Å². The van der Waals surface area contributed by atoms with E-state index in [0.717, 1.165) is 12.3 Å². The van der Waals surface area contributed by atoms with E-state index in [1.807, 2.05) is 6.07 Å². The molecule has 1 aromatic heterocycles. The molecule has 0 fully saturated rings. The van der Waals surface area contributed by atoms with E-state index in [1.165, 1.54) is 18.1 Å². The number of likely N-dealkylation sites (N-methyl/N-ethyl adjacent to an activating group) is 1. The molecule has 2 aromatic rings. The van der Waals surface area contributed by atoms with Crippen LogP contribution in [0.5, 0.6) is 5.75 Å². The molecule has 1 amide bonds. The Bertz CT molecular complexity index is 763. The Morgan fingerprint density at radius 2 is 1.74 bits per heavy atom. The highest BCUT2D eigenvalue weighted by Crippen LogP contribution is 2.38. The molecule has 0 spiro atoms. The van der Waals surface area contributed by atoms with Crippen LogP contribution in [0.2, 0.25) is 0 Å². The molecule has 2 unspecified atom stereocenters. The smallest absolute Gasteiger partial charge is 0.416 e. The van der Waals surface area contributed by atoms with Gasteiger partial charge in [0.1, 0.15) is 5.75 Å². The molecule has 4 nitrogen and oxygen atoms in total. The molecular formula is C20H23F3N2O2. The van der Waals surface area contributed by atoms with Crippen LogP contribution in [0.1, 0.15) is 37.9 Å². The highest BCUT2D eigenvalue weighted by Gasteiger charge is 2.38. The molecule has 0 saturated carbocycles. The van der Waals surface area contributed by atoms with Gasteiger partial charge in [-0.05, 0) is 31.0 Å². The van der Waals surface area contributed by atoms with Gasteiger partial charge in [-0.1, -0.05) is 32.0 Å². The number of aromatic nitrogens is 1. The standard InChI is InChI=1S/C20H23F3N2O2/c1-13(2)18(16-12-24-11-10-17(16)20(21,22)23)25(4)19(26)14(3)27-15-8-6-5-7-9-15/h5-14,18H,1-4H3. The van der Waals surface area contributed by atoms with Crippen molar-refractivity contribution in [1.29, 1.82) is 0 Å². The number of pyridine rings is 1. The minimum atomic E-state index is -4.53. The van der Waals surface area contributed by atoms with Gasteiger partial charge in [0.2, 0.25) is 0 Å². The maximum atomic E-state index is 13.4. The van der Waals surface area contributed by atoms with Crippen molar-refractivity contribution in [3.05, 3.63) is 59.9 Å². The summed E-state index contributed by atoms with van der Waals surface area (Å²) in [7, 11) is 1.49. The molecule has 0 radical (unpaired) electrons. The highest BCUT2D eigenvalue weighted by atomic mass is 19.4. The van der Waals surface area contributed by atoms with Crippen LogP contribution in [0.15, 0.2) is 48.8 Å². The molecule has 0 bridgehead atoms. The third kappa shape index (κ3) is 4.99. The number of halogens is 3. The van der Waals surface area contributed by atoms with Crippen molar-refractivity contribution < 1.29 is 22.7 Å². The van der Waals surface area contributed by atoms with E-state index in [4.69, 9.17) is 4.74 Å². The second-order valence-corrected chi connectivity index (χ2v) is 6.67. The van der Waals surface area contributed by atoms with Gasteiger partial charge >= 0.3 is 6.18 Å². The Balaban J connectivity index is 2.30. The number of amides is 1. The average molecular weight is 380 g/mol. The second-order valence-electron chi connectivity index (χ2n) is 6.67. The van der Waals surface area contributed by atoms with Crippen LogP contribution in [0.3, 0.4) is 0 Å². The zero-order valence-electron chi connectivity index (χ0n) is 15.7. The Labute approximate surface area is 157 Å². The molecule has 27 heavy (non-hydrogen) atoms. The lowest BCUT2D eigenvalue weighted by atomic mass is 9.92. The second kappa shape index (κ2) is 8.41. The summed E-state index contributed by atoms with van der Waals surface area (Å²) in [6.07, 6.45) is -3.08. The van der Waals surface area contributed by atoms with Crippen LogP contribution >= 0.6 is 0 Å². The Hall–Kier alpha value is -2.57. The molecule has 1 aromatic carbocycles. The normalized spacial score (nSPS) is 13.9. The maximum absolute atomic E-state index is 13.4. The quantitative estimate of drug-likeness (QED) is 0.728. The third-order valence-corrected chi connectivity index (χ3v) is 4.28. The number of para-hydroxylation sites is 1. The van der Waals surface area contributed by atoms with Crippen molar-refractivity contribution in [1.82, 2.24) is 9.88 Å². The first-order chi connectivity index (χ1) is 12.6. The first-order valence-electron chi connectivity index (χ1n) is 8.62. The number of hydrogen-bond donors (Lipinski definition) is 0. The molecule has 1 heterocycles. The molecule has 0 N–H and O–H groups in total. The average Bonchev–Trinajstić information content (AvgIpc) is 2.61. The predicted molar refractivity (Wildman–Crippen MR) is 96.1 cm³/mol. The van der Waals surface area contributed by atoms with Crippen LogP contribution in [0, 0.1) is 5.92 Å². The fourth-order valence-electron chi connectivity index (χ4n) is 3.09. The van der Waals surface area contributed by atoms with Gasteiger partial charge in [-0.2, -0.15) is 13.2 Å². The molecule has 2 rings (SSSR count).